The van der Waals surface area contributed by atoms with Crippen molar-refractivity contribution in [2.75, 3.05) is 5.32 Å². The highest BCUT2D eigenvalue weighted by Gasteiger charge is 2.10. The number of hydrogen-bond acceptors (Lipinski definition) is 4. The second-order valence-electron chi connectivity index (χ2n) is 5.26. The largest absolute Gasteiger partial charge is 0.350 e. The van der Waals surface area contributed by atoms with Crippen LogP contribution in [-0.2, 0) is 18.4 Å². The molecule has 0 spiro atoms. The Balaban J connectivity index is 1.55. The number of nitrogens with zero attached hydrogens (tertiary/aromatic N) is 2. The van der Waals surface area contributed by atoms with Crippen molar-refractivity contribution in [2.24, 2.45) is 7.05 Å². The Kier molecular flexibility index (Phi) is 4.83. The van der Waals surface area contributed by atoms with E-state index in [1.54, 1.807) is 24.4 Å². The molecule has 3 rings (SSSR count). The van der Waals surface area contributed by atoms with Crippen LogP contribution in [0.4, 0.5) is 5.82 Å². The van der Waals surface area contributed by atoms with Crippen LogP contribution in [0.5, 0.6) is 0 Å². The summed E-state index contributed by atoms with van der Waals surface area (Å²) in [6.07, 6.45) is 3.65. The number of hydrazine groups is 1. The molecular weight excluding hydrogens is 322 g/mol. The van der Waals surface area contributed by atoms with E-state index in [0.717, 1.165) is 16.5 Å². The lowest BCUT2D eigenvalue weighted by Crippen LogP contribution is -2.42. The van der Waals surface area contributed by atoms with Crippen LogP contribution in [0.15, 0.2) is 54.9 Å². The quantitative estimate of drug-likeness (QED) is 0.502. The first-order chi connectivity index (χ1) is 11.6. The summed E-state index contributed by atoms with van der Waals surface area (Å²) in [6, 6.07) is 13.4. The van der Waals surface area contributed by atoms with E-state index in [9.17, 15) is 4.79 Å². The second kappa shape index (κ2) is 7.20. The van der Waals surface area contributed by atoms with Gasteiger partial charge in [0, 0.05) is 36.9 Å². The first-order valence-electron chi connectivity index (χ1n) is 7.43. The van der Waals surface area contributed by atoms with Crippen LogP contribution in [-0.4, -0.2) is 20.4 Å². The van der Waals surface area contributed by atoms with Crippen LogP contribution in [0.2, 0.25) is 0 Å². The summed E-state index contributed by atoms with van der Waals surface area (Å²) >= 11 is 5.07. The fourth-order valence-corrected chi connectivity index (χ4v) is 2.58. The van der Waals surface area contributed by atoms with Crippen molar-refractivity contribution < 1.29 is 4.79 Å². The third-order valence-corrected chi connectivity index (χ3v) is 3.86. The van der Waals surface area contributed by atoms with Gasteiger partial charge in [-0.25, -0.2) is 10.4 Å². The van der Waals surface area contributed by atoms with Gasteiger partial charge < -0.3 is 15.3 Å². The molecule has 3 N–H and O–H groups in total. The molecule has 7 heteroatoms. The zero-order valence-electron chi connectivity index (χ0n) is 13.1. The second-order valence-corrected chi connectivity index (χ2v) is 5.67. The normalized spacial score (nSPS) is 10.5. The Morgan fingerprint density at radius 2 is 2.00 bits per heavy atom. The molecule has 0 bridgehead atoms. The predicted molar refractivity (Wildman–Crippen MR) is 98.4 cm³/mol. The van der Waals surface area contributed by atoms with E-state index in [1.807, 2.05) is 19.2 Å². The molecule has 122 valence electrons. The number of fused-ring (bicyclic) bond motifs is 1. The first kappa shape index (κ1) is 16.1. The van der Waals surface area contributed by atoms with Gasteiger partial charge in [-0.15, -0.1) is 0 Å². The minimum absolute atomic E-state index is 0.0564. The molecule has 0 atom stereocenters. The van der Waals surface area contributed by atoms with Gasteiger partial charge in [-0.1, -0.05) is 36.5 Å². The average molecular weight is 339 g/mol. The Bertz CT molecular complexity index is 875. The molecule has 2 aromatic heterocycles. The maximum atomic E-state index is 12.0. The zero-order valence-corrected chi connectivity index (χ0v) is 13.9. The summed E-state index contributed by atoms with van der Waals surface area (Å²) in [4.78, 5) is 16.1. The maximum absolute atomic E-state index is 12.0. The third-order valence-electron chi connectivity index (χ3n) is 3.57. The van der Waals surface area contributed by atoms with Gasteiger partial charge >= 0.3 is 0 Å². The van der Waals surface area contributed by atoms with Crippen LogP contribution in [0.25, 0.3) is 10.9 Å². The fraction of sp³-hybridized carbons (Fsp3) is 0.118. The van der Waals surface area contributed by atoms with Crippen molar-refractivity contribution in [3.63, 3.8) is 0 Å². The molecule has 0 saturated carbocycles. The van der Waals surface area contributed by atoms with E-state index in [2.05, 4.69) is 44.0 Å². The Hall–Kier alpha value is -2.77. The number of benzene rings is 1. The van der Waals surface area contributed by atoms with Gasteiger partial charge in [-0.05, 0) is 23.8 Å². The highest BCUT2D eigenvalue weighted by Crippen LogP contribution is 2.19. The van der Waals surface area contributed by atoms with Crippen LogP contribution >= 0.6 is 12.2 Å². The monoisotopic (exact) mass is 339 g/mol. The van der Waals surface area contributed by atoms with Crippen molar-refractivity contribution in [3.8, 4) is 0 Å². The predicted octanol–water partition coefficient (Wildman–Crippen LogP) is 2.13. The van der Waals surface area contributed by atoms with Crippen molar-refractivity contribution >= 4 is 39.8 Å². The van der Waals surface area contributed by atoms with E-state index < -0.39 is 5.91 Å². The Labute approximate surface area is 144 Å². The van der Waals surface area contributed by atoms with Gasteiger partial charge in [0.25, 0.3) is 5.91 Å². The molecule has 0 fully saturated rings. The van der Waals surface area contributed by atoms with Gasteiger partial charge in [0.1, 0.15) is 5.82 Å². The van der Waals surface area contributed by atoms with E-state index in [0.29, 0.717) is 12.4 Å². The number of amides is 1. The van der Waals surface area contributed by atoms with Gasteiger partial charge in [-0.2, -0.15) is 0 Å². The zero-order chi connectivity index (χ0) is 16.9. The number of aryl methyl sites for hydroxylation is 1. The Morgan fingerprint density at radius 1 is 1.21 bits per heavy atom. The van der Waals surface area contributed by atoms with Crippen molar-refractivity contribution in [1.29, 1.82) is 0 Å². The molecule has 6 nitrogen and oxygen atoms in total. The number of rotatable bonds is 4. The number of anilines is 1. The highest BCUT2D eigenvalue weighted by molar-refractivity contribution is 7.82. The molecule has 0 radical (unpaired) electrons. The molecule has 0 aliphatic carbocycles. The smallest absolute Gasteiger partial charge is 0.285 e. The van der Waals surface area contributed by atoms with Crippen LogP contribution in [0.3, 0.4) is 0 Å². The van der Waals surface area contributed by atoms with E-state index in [4.69, 9.17) is 12.2 Å². The summed E-state index contributed by atoms with van der Waals surface area (Å²) in [7, 11) is 2.00. The van der Waals surface area contributed by atoms with Crippen molar-refractivity contribution in [1.82, 2.24) is 20.4 Å². The summed E-state index contributed by atoms with van der Waals surface area (Å²) in [5.41, 5.74) is 8.02. The maximum Gasteiger partial charge on any atom is 0.285 e. The number of hydrogen-bond donors (Lipinski definition) is 3. The van der Waals surface area contributed by atoms with Gasteiger partial charge in [0.05, 0.1) is 0 Å². The summed E-state index contributed by atoms with van der Waals surface area (Å²) in [6.45, 7) is 0.540. The first-order valence-corrected chi connectivity index (χ1v) is 7.84. The number of thiocarbonyl (C=S) groups is 1. The summed E-state index contributed by atoms with van der Waals surface area (Å²) in [5, 5.41) is 3.79. The molecular formula is C17H17N5OS. The van der Waals surface area contributed by atoms with E-state index >= 15 is 0 Å². The molecule has 0 aliphatic heterocycles. The Morgan fingerprint density at radius 3 is 2.79 bits per heavy atom. The van der Waals surface area contributed by atoms with E-state index in [-0.39, 0.29) is 4.99 Å². The number of carbonyl (C=O) groups excluding carboxylic acids is 1. The van der Waals surface area contributed by atoms with Crippen molar-refractivity contribution in [3.05, 3.63) is 60.4 Å². The van der Waals surface area contributed by atoms with Gasteiger partial charge in [0.2, 0.25) is 0 Å². The minimum Gasteiger partial charge on any atom is -0.350 e. The van der Waals surface area contributed by atoms with Gasteiger partial charge in [-0.3, -0.25) is 4.79 Å². The number of pyridine rings is 1. The highest BCUT2D eigenvalue weighted by atomic mass is 32.1. The lowest BCUT2D eigenvalue weighted by Gasteiger charge is -2.09. The lowest BCUT2D eigenvalue weighted by molar-refractivity contribution is -0.110. The number of nitrogens with one attached hydrogen (secondary N) is 3. The van der Waals surface area contributed by atoms with Crippen LogP contribution in [0.1, 0.15) is 5.56 Å². The number of aromatic nitrogens is 2. The topological polar surface area (TPSA) is 71.0 Å². The van der Waals surface area contributed by atoms with Crippen LogP contribution < -0.4 is 16.2 Å². The lowest BCUT2D eigenvalue weighted by atomic mass is 10.2. The molecule has 24 heavy (non-hydrogen) atoms. The number of para-hydroxylation sites is 1. The molecule has 0 aliphatic rings. The summed E-state index contributed by atoms with van der Waals surface area (Å²) in [5.74, 6) is 0.0508. The fourth-order valence-electron chi connectivity index (χ4n) is 2.45. The van der Waals surface area contributed by atoms with Gasteiger partial charge in [0.15, 0.2) is 4.99 Å². The molecule has 0 unspecified atom stereocenters. The SMILES string of the molecule is Cn1cc(CNNC(=S)C(=O)Nc2ccccn2)c2ccccc21. The molecule has 1 amide bonds. The van der Waals surface area contributed by atoms with Crippen LogP contribution in [0, 0.1) is 0 Å². The molecule has 2 heterocycles. The third kappa shape index (κ3) is 3.58. The summed E-state index contributed by atoms with van der Waals surface area (Å²) < 4.78 is 2.07. The standard InChI is InChI=1S/C17H17N5OS/c1-22-11-12(13-6-2-3-7-14(13)22)10-19-21-17(24)16(23)20-15-8-4-5-9-18-15/h2-9,11,19H,10H2,1H3,(H,21,24)(H,18,20,23). The van der Waals surface area contributed by atoms with E-state index in [1.165, 1.54) is 0 Å². The molecule has 3 aromatic rings. The van der Waals surface area contributed by atoms with Crippen molar-refractivity contribution in [2.45, 2.75) is 6.54 Å². The molecule has 0 saturated heterocycles. The number of carbonyl (C=O) groups is 1. The average Bonchev–Trinajstić information content (AvgIpc) is 2.92. The molecule has 1 aromatic carbocycles. The minimum atomic E-state index is -0.408.